The number of benzene rings is 2. The quantitative estimate of drug-likeness (QED) is 0.619. The molecule has 0 spiro atoms. The molecule has 2 aromatic carbocycles. The summed E-state index contributed by atoms with van der Waals surface area (Å²) < 4.78 is 6.97. The van der Waals surface area contributed by atoms with Gasteiger partial charge in [-0.15, -0.1) is 0 Å². The molecule has 0 saturated carbocycles. The number of fused-ring (bicyclic) bond motifs is 2. The number of aryl methyl sites for hydroxylation is 3. The third kappa shape index (κ3) is 4.42. The van der Waals surface area contributed by atoms with Crippen molar-refractivity contribution in [1.82, 2.24) is 9.55 Å². The van der Waals surface area contributed by atoms with Crippen molar-refractivity contribution in [2.45, 2.75) is 52.5 Å². The molecule has 1 N–H and O–H groups in total. The molecule has 7 nitrogen and oxygen atoms in total. The highest BCUT2D eigenvalue weighted by Gasteiger charge is 2.17. The molecule has 1 amide bonds. The fraction of sp³-hybridized carbons (Fsp3) is 0.360. The first kappa shape index (κ1) is 21.7. The lowest BCUT2D eigenvalue weighted by Crippen LogP contribution is -2.25. The molecule has 0 bridgehead atoms. The Morgan fingerprint density at radius 3 is 2.81 bits per heavy atom. The second-order valence-electron chi connectivity index (χ2n) is 8.11. The average molecular weight is 434 g/mol. The van der Waals surface area contributed by atoms with Crippen LogP contribution in [0.3, 0.4) is 0 Å². The molecule has 0 unspecified atom stereocenters. The number of para-hydroxylation sites is 1. The maximum absolute atomic E-state index is 12.8. The van der Waals surface area contributed by atoms with Gasteiger partial charge in [-0.05, 0) is 55.5 Å². The van der Waals surface area contributed by atoms with Gasteiger partial charge < -0.3 is 10.1 Å². The smallest absolute Gasteiger partial charge is 0.338 e. The molecule has 0 fully saturated rings. The number of rotatable bonds is 5. The van der Waals surface area contributed by atoms with Gasteiger partial charge in [-0.1, -0.05) is 31.5 Å². The van der Waals surface area contributed by atoms with Crippen molar-refractivity contribution in [3.8, 4) is 0 Å². The van der Waals surface area contributed by atoms with Crippen LogP contribution >= 0.6 is 0 Å². The highest BCUT2D eigenvalue weighted by atomic mass is 16.5. The summed E-state index contributed by atoms with van der Waals surface area (Å²) in [4.78, 5) is 42.4. The molecule has 0 aliphatic carbocycles. The summed E-state index contributed by atoms with van der Waals surface area (Å²) in [7, 11) is 0. The third-order valence-corrected chi connectivity index (χ3v) is 5.89. The number of ether oxygens (including phenoxy) is 1. The van der Waals surface area contributed by atoms with Crippen molar-refractivity contribution < 1.29 is 14.3 Å². The largest absolute Gasteiger partial charge is 0.452 e. The van der Waals surface area contributed by atoms with Gasteiger partial charge in [-0.2, -0.15) is 0 Å². The van der Waals surface area contributed by atoms with E-state index in [0.29, 0.717) is 17.4 Å². The van der Waals surface area contributed by atoms with E-state index < -0.39 is 18.5 Å². The van der Waals surface area contributed by atoms with E-state index in [0.717, 1.165) is 54.7 Å². The molecule has 32 heavy (non-hydrogen) atoms. The van der Waals surface area contributed by atoms with Gasteiger partial charge in [-0.3, -0.25) is 14.2 Å². The first-order chi connectivity index (χ1) is 15.5. The zero-order valence-electron chi connectivity index (χ0n) is 18.4. The predicted octanol–water partition coefficient (Wildman–Crippen LogP) is 3.79. The van der Waals surface area contributed by atoms with Crippen LogP contribution in [0.15, 0.2) is 41.2 Å². The van der Waals surface area contributed by atoms with Gasteiger partial charge in [0.2, 0.25) is 0 Å². The minimum absolute atomic E-state index is 0.0730. The summed E-state index contributed by atoms with van der Waals surface area (Å²) in [5.41, 5.74) is 3.41. The van der Waals surface area contributed by atoms with E-state index in [1.807, 2.05) is 32.0 Å². The summed E-state index contributed by atoms with van der Waals surface area (Å²) in [6, 6.07) is 10.6. The number of hydrogen-bond acceptors (Lipinski definition) is 5. The molecule has 0 saturated heterocycles. The third-order valence-electron chi connectivity index (χ3n) is 5.89. The molecular weight excluding hydrogens is 406 g/mol. The van der Waals surface area contributed by atoms with E-state index in [4.69, 9.17) is 4.74 Å². The summed E-state index contributed by atoms with van der Waals surface area (Å²) >= 11 is 0. The van der Waals surface area contributed by atoms with Crippen LogP contribution in [0, 0.1) is 6.92 Å². The second kappa shape index (κ2) is 9.34. The fourth-order valence-corrected chi connectivity index (χ4v) is 4.14. The molecule has 0 atom stereocenters. The van der Waals surface area contributed by atoms with E-state index >= 15 is 0 Å². The molecule has 2 heterocycles. The van der Waals surface area contributed by atoms with Gasteiger partial charge in [0.15, 0.2) is 6.61 Å². The van der Waals surface area contributed by atoms with Crippen LogP contribution in [0.25, 0.3) is 10.9 Å². The topological polar surface area (TPSA) is 90.3 Å². The highest BCUT2D eigenvalue weighted by molar-refractivity contribution is 5.98. The number of hydrogen-bond donors (Lipinski definition) is 1. The molecule has 7 heteroatoms. The van der Waals surface area contributed by atoms with Gasteiger partial charge in [0.1, 0.15) is 5.82 Å². The van der Waals surface area contributed by atoms with Crippen molar-refractivity contribution in [1.29, 1.82) is 0 Å². The Morgan fingerprint density at radius 1 is 1.16 bits per heavy atom. The van der Waals surface area contributed by atoms with Crippen molar-refractivity contribution in [2.75, 3.05) is 11.9 Å². The Morgan fingerprint density at radius 2 is 2.00 bits per heavy atom. The zero-order valence-corrected chi connectivity index (χ0v) is 18.4. The Hall–Kier alpha value is -3.48. The van der Waals surface area contributed by atoms with E-state index in [1.54, 1.807) is 22.8 Å². The van der Waals surface area contributed by atoms with Gasteiger partial charge in [0.05, 0.1) is 16.5 Å². The summed E-state index contributed by atoms with van der Waals surface area (Å²) in [5, 5.41) is 3.32. The van der Waals surface area contributed by atoms with Crippen LogP contribution in [-0.2, 0) is 28.9 Å². The van der Waals surface area contributed by atoms with Crippen molar-refractivity contribution >= 4 is 28.5 Å². The Kier molecular flexibility index (Phi) is 6.35. The number of carbonyl (C=O) groups excluding carboxylic acids is 2. The lowest BCUT2D eigenvalue weighted by atomic mass is 10.1. The maximum Gasteiger partial charge on any atom is 0.338 e. The van der Waals surface area contributed by atoms with Crippen LogP contribution in [0.2, 0.25) is 0 Å². The van der Waals surface area contributed by atoms with Crippen molar-refractivity contribution in [2.24, 2.45) is 0 Å². The number of aromatic nitrogens is 2. The predicted molar refractivity (Wildman–Crippen MR) is 123 cm³/mol. The Bertz CT molecular complexity index is 1250. The van der Waals surface area contributed by atoms with E-state index in [1.165, 1.54) is 0 Å². The number of carbonyl (C=O) groups is 2. The first-order valence-corrected chi connectivity index (χ1v) is 11.1. The van der Waals surface area contributed by atoms with Crippen molar-refractivity contribution in [3.63, 3.8) is 0 Å². The van der Waals surface area contributed by atoms with Crippen LogP contribution in [-0.4, -0.2) is 28.0 Å². The number of amides is 1. The minimum atomic E-state index is -0.626. The normalized spacial score (nSPS) is 13.3. The van der Waals surface area contributed by atoms with Gasteiger partial charge in [0, 0.05) is 18.7 Å². The van der Waals surface area contributed by atoms with Crippen molar-refractivity contribution in [3.05, 3.63) is 69.3 Å². The first-order valence-electron chi connectivity index (χ1n) is 11.1. The molecule has 4 rings (SSSR count). The lowest BCUT2D eigenvalue weighted by molar-refractivity contribution is -0.119. The maximum atomic E-state index is 12.8. The molecule has 0 radical (unpaired) electrons. The van der Waals surface area contributed by atoms with E-state index in [-0.39, 0.29) is 11.1 Å². The number of nitrogens with zero attached hydrogens (tertiary/aromatic N) is 2. The van der Waals surface area contributed by atoms with E-state index in [2.05, 4.69) is 10.3 Å². The zero-order chi connectivity index (χ0) is 22.7. The molecule has 1 aliphatic rings. The number of nitrogens with one attached hydrogen (secondary N) is 1. The SMILES string of the molecule is CCc1cccc(C)c1NC(=O)COC(=O)c1ccc2c(=O)n3c(nc2c1)CCCCC3. The summed E-state index contributed by atoms with van der Waals surface area (Å²) in [6.07, 6.45) is 4.56. The standard InChI is InChI=1S/C25H27N3O4/c1-3-17-9-7-8-16(2)23(17)27-22(29)15-32-25(31)18-11-12-19-20(14-18)26-21-10-5-4-6-13-28(21)24(19)30/h7-9,11-12,14H,3-6,10,13,15H2,1-2H3,(H,27,29). The molecule has 1 aliphatic heterocycles. The van der Waals surface area contributed by atoms with Crippen LogP contribution in [0.4, 0.5) is 5.69 Å². The van der Waals surface area contributed by atoms with Gasteiger partial charge in [-0.25, -0.2) is 9.78 Å². The minimum Gasteiger partial charge on any atom is -0.452 e. The lowest BCUT2D eigenvalue weighted by Gasteiger charge is -2.13. The van der Waals surface area contributed by atoms with E-state index in [9.17, 15) is 14.4 Å². The van der Waals surface area contributed by atoms with Gasteiger partial charge >= 0.3 is 5.97 Å². The molecule has 166 valence electrons. The highest BCUT2D eigenvalue weighted by Crippen LogP contribution is 2.21. The van der Waals surface area contributed by atoms with Crippen LogP contribution < -0.4 is 10.9 Å². The Labute approximate surface area is 186 Å². The van der Waals surface area contributed by atoms with Crippen LogP contribution in [0.1, 0.15) is 53.5 Å². The van der Waals surface area contributed by atoms with Crippen LogP contribution in [0.5, 0.6) is 0 Å². The molecule has 3 aromatic rings. The molecule has 1 aromatic heterocycles. The fourth-order valence-electron chi connectivity index (χ4n) is 4.14. The Balaban J connectivity index is 1.48. The van der Waals surface area contributed by atoms with Gasteiger partial charge in [0.25, 0.3) is 11.5 Å². The summed E-state index contributed by atoms with van der Waals surface area (Å²) in [6.45, 7) is 4.22. The molecular formula is C25H27N3O4. The number of anilines is 1. The second-order valence-corrected chi connectivity index (χ2v) is 8.11. The average Bonchev–Trinajstić information content (AvgIpc) is 3.04. The number of esters is 1. The summed E-state index contributed by atoms with van der Waals surface area (Å²) in [5.74, 6) is -0.265. The monoisotopic (exact) mass is 433 g/mol.